The minimum atomic E-state index is 0.232. The standard InChI is InChI=1S/C15H22ClNOS/c1-12(16)13-7-9-17(10-8-13)15(18)6-2-4-14-5-3-11-19-14/h3,5,11-13H,2,4,6-10H2,1H3. The highest BCUT2D eigenvalue weighted by Gasteiger charge is 2.24. The number of rotatable bonds is 5. The Labute approximate surface area is 124 Å². The van der Waals surface area contributed by atoms with E-state index in [4.69, 9.17) is 11.6 Å². The Morgan fingerprint density at radius 2 is 2.26 bits per heavy atom. The minimum Gasteiger partial charge on any atom is -0.343 e. The number of nitrogens with zero attached hydrogens (tertiary/aromatic N) is 1. The van der Waals surface area contributed by atoms with Crippen LogP contribution in [0, 0.1) is 5.92 Å². The molecule has 106 valence electrons. The molecule has 2 heterocycles. The van der Waals surface area contributed by atoms with Gasteiger partial charge in [0.05, 0.1) is 0 Å². The zero-order valence-corrected chi connectivity index (χ0v) is 13.1. The van der Waals surface area contributed by atoms with Gasteiger partial charge in [0.1, 0.15) is 0 Å². The summed E-state index contributed by atoms with van der Waals surface area (Å²) in [5.74, 6) is 0.897. The van der Waals surface area contributed by atoms with Gasteiger partial charge in [-0.3, -0.25) is 4.79 Å². The van der Waals surface area contributed by atoms with Crippen molar-refractivity contribution in [3.63, 3.8) is 0 Å². The number of piperidine rings is 1. The molecule has 0 aromatic carbocycles. The normalized spacial score (nSPS) is 18.5. The van der Waals surface area contributed by atoms with Crippen LogP contribution < -0.4 is 0 Å². The van der Waals surface area contributed by atoms with E-state index in [1.807, 2.05) is 4.90 Å². The maximum absolute atomic E-state index is 12.1. The maximum Gasteiger partial charge on any atom is 0.222 e. The number of hydrogen-bond acceptors (Lipinski definition) is 2. The first-order valence-electron chi connectivity index (χ1n) is 7.11. The summed E-state index contributed by atoms with van der Waals surface area (Å²) in [6.45, 7) is 3.84. The molecule has 0 N–H and O–H groups in total. The van der Waals surface area contributed by atoms with Gasteiger partial charge in [0.15, 0.2) is 0 Å². The summed E-state index contributed by atoms with van der Waals surface area (Å²) < 4.78 is 0. The Morgan fingerprint density at radius 1 is 1.53 bits per heavy atom. The van der Waals surface area contributed by atoms with Gasteiger partial charge in [-0.05, 0) is 50.0 Å². The van der Waals surface area contributed by atoms with Crippen LogP contribution in [0.1, 0.15) is 37.5 Å². The average Bonchev–Trinajstić information content (AvgIpc) is 2.92. The van der Waals surface area contributed by atoms with Gasteiger partial charge in [-0.25, -0.2) is 0 Å². The van der Waals surface area contributed by atoms with E-state index in [9.17, 15) is 4.79 Å². The molecule has 1 aliphatic rings. The smallest absolute Gasteiger partial charge is 0.222 e. The number of likely N-dealkylation sites (tertiary alicyclic amines) is 1. The highest BCUT2D eigenvalue weighted by molar-refractivity contribution is 7.09. The van der Waals surface area contributed by atoms with E-state index >= 15 is 0 Å². The van der Waals surface area contributed by atoms with Gasteiger partial charge in [0, 0.05) is 29.8 Å². The highest BCUT2D eigenvalue weighted by atomic mass is 35.5. The zero-order chi connectivity index (χ0) is 13.7. The van der Waals surface area contributed by atoms with Crippen LogP contribution >= 0.6 is 22.9 Å². The summed E-state index contributed by atoms with van der Waals surface area (Å²) in [5.41, 5.74) is 0. The monoisotopic (exact) mass is 299 g/mol. The molecule has 1 saturated heterocycles. The number of alkyl halides is 1. The van der Waals surface area contributed by atoms with Gasteiger partial charge in [-0.15, -0.1) is 22.9 Å². The van der Waals surface area contributed by atoms with Crippen molar-refractivity contribution in [2.24, 2.45) is 5.92 Å². The molecule has 0 spiro atoms. The molecule has 1 aromatic heterocycles. The lowest BCUT2D eigenvalue weighted by molar-refractivity contribution is -0.132. The summed E-state index contributed by atoms with van der Waals surface area (Å²) in [6.07, 6.45) is 4.78. The highest BCUT2D eigenvalue weighted by Crippen LogP contribution is 2.24. The SMILES string of the molecule is CC(Cl)C1CCN(C(=O)CCCc2cccs2)CC1. The summed E-state index contributed by atoms with van der Waals surface area (Å²) in [6, 6.07) is 4.21. The number of aryl methyl sites for hydroxylation is 1. The van der Waals surface area contributed by atoms with Crippen molar-refractivity contribution in [3.8, 4) is 0 Å². The second-order valence-electron chi connectivity index (χ2n) is 5.33. The van der Waals surface area contributed by atoms with Crippen LogP contribution in [-0.2, 0) is 11.2 Å². The first kappa shape index (κ1) is 14.9. The van der Waals surface area contributed by atoms with E-state index in [0.29, 0.717) is 18.2 Å². The van der Waals surface area contributed by atoms with Crippen LogP contribution in [0.2, 0.25) is 0 Å². The van der Waals surface area contributed by atoms with Crippen LogP contribution in [0.3, 0.4) is 0 Å². The van der Waals surface area contributed by atoms with Crippen LogP contribution in [0.25, 0.3) is 0 Å². The number of thiophene rings is 1. The lowest BCUT2D eigenvalue weighted by Crippen LogP contribution is -2.39. The van der Waals surface area contributed by atoms with Gasteiger partial charge in [-0.1, -0.05) is 6.07 Å². The molecular weight excluding hydrogens is 278 g/mol. The summed E-state index contributed by atoms with van der Waals surface area (Å²) in [7, 11) is 0. The molecular formula is C15H22ClNOS. The molecule has 0 bridgehead atoms. The molecule has 2 rings (SSSR count). The largest absolute Gasteiger partial charge is 0.343 e. The van der Waals surface area contributed by atoms with Gasteiger partial charge in [-0.2, -0.15) is 0 Å². The number of amides is 1. The van der Waals surface area contributed by atoms with Gasteiger partial charge < -0.3 is 4.90 Å². The summed E-state index contributed by atoms with van der Waals surface area (Å²) in [5, 5.41) is 2.32. The predicted molar refractivity (Wildman–Crippen MR) is 81.9 cm³/mol. The molecule has 1 aromatic rings. The molecule has 4 heteroatoms. The fourth-order valence-corrected chi connectivity index (χ4v) is 3.64. The molecule has 1 unspecified atom stereocenters. The third-order valence-electron chi connectivity index (χ3n) is 3.94. The van der Waals surface area contributed by atoms with Gasteiger partial charge >= 0.3 is 0 Å². The van der Waals surface area contributed by atoms with Crippen LogP contribution in [0.15, 0.2) is 17.5 Å². The molecule has 1 fully saturated rings. The molecule has 1 atom stereocenters. The van der Waals surface area contributed by atoms with E-state index in [2.05, 4.69) is 24.4 Å². The predicted octanol–water partition coefficient (Wildman–Crippen LogP) is 3.94. The third-order valence-corrected chi connectivity index (χ3v) is 5.23. The van der Waals surface area contributed by atoms with Crippen molar-refractivity contribution < 1.29 is 4.79 Å². The first-order valence-corrected chi connectivity index (χ1v) is 8.42. The topological polar surface area (TPSA) is 20.3 Å². The van der Waals surface area contributed by atoms with E-state index in [-0.39, 0.29) is 5.38 Å². The van der Waals surface area contributed by atoms with E-state index < -0.39 is 0 Å². The Balaban J connectivity index is 1.67. The van der Waals surface area contributed by atoms with E-state index in [0.717, 1.165) is 38.8 Å². The van der Waals surface area contributed by atoms with Crippen molar-refractivity contribution in [2.75, 3.05) is 13.1 Å². The molecule has 0 aliphatic carbocycles. The van der Waals surface area contributed by atoms with Crippen LogP contribution in [0.5, 0.6) is 0 Å². The lowest BCUT2D eigenvalue weighted by atomic mass is 9.94. The maximum atomic E-state index is 12.1. The molecule has 0 radical (unpaired) electrons. The van der Waals surface area contributed by atoms with Crippen molar-refractivity contribution in [1.82, 2.24) is 4.90 Å². The van der Waals surface area contributed by atoms with Crippen molar-refractivity contribution in [2.45, 2.75) is 44.4 Å². The number of halogens is 1. The van der Waals surface area contributed by atoms with Crippen molar-refractivity contribution in [3.05, 3.63) is 22.4 Å². The van der Waals surface area contributed by atoms with Crippen LogP contribution in [0.4, 0.5) is 0 Å². The molecule has 19 heavy (non-hydrogen) atoms. The molecule has 2 nitrogen and oxygen atoms in total. The Morgan fingerprint density at radius 3 is 2.84 bits per heavy atom. The quantitative estimate of drug-likeness (QED) is 0.754. The van der Waals surface area contributed by atoms with Gasteiger partial charge in [0.25, 0.3) is 0 Å². The van der Waals surface area contributed by atoms with E-state index in [1.54, 1.807) is 11.3 Å². The fraction of sp³-hybridized carbons (Fsp3) is 0.667. The number of hydrogen-bond donors (Lipinski definition) is 0. The summed E-state index contributed by atoms with van der Waals surface area (Å²) >= 11 is 7.90. The zero-order valence-electron chi connectivity index (χ0n) is 11.5. The second kappa shape index (κ2) is 7.30. The first-order chi connectivity index (χ1) is 9.16. The minimum absolute atomic E-state index is 0.232. The summed E-state index contributed by atoms with van der Waals surface area (Å²) in [4.78, 5) is 15.5. The molecule has 0 saturated carbocycles. The number of carbonyl (C=O) groups is 1. The second-order valence-corrected chi connectivity index (χ2v) is 7.05. The molecule has 1 aliphatic heterocycles. The average molecular weight is 300 g/mol. The third kappa shape index (κ3) is 4.50. The van der Waals surface area contributed by atoms with Crippen molar-refractivity contribution >= 4 is 28.8 Å². The Bertz CT molecular complexity index is 383. The lowest BCUT2D eigenvalue weighted by Gasteiger charge is -2.33. The van der Waals surface area contributed by atoms with Crippen LogP contribution in [-0.4, -0.2) is 29.3 Å². The Hall–Kier alpha value is -0.540. The van der Waals surface area contributed by atoms with Crippen molar-refractivity contribution in [1.29, 1.82) is 0 Å². The molecule has 1 amide bonds. The number of carbonyl (C=O) groups excluding carboxylic acids is 1. The van der Waals surface area contributed by atoms with Gasteiger partial charge in [0.2, 0.25) is 5.91 Å². The fourth-order valence-electron chi connectivity index (χ4n) is 2.63. The Kier molecular flexibility index (Phi) is 5.71. The van der Waals surface area contributed by atoms with E-state index in [1.165, 1.54) is 4.88 Å².